The summed E-state index contributed by atoms with van der Waals surface area (Å²) in [6.45, 7) is -0.193. The third kappa shape index (κ3) is 2.86. The molecule has 1 aromatic heterocycles. The van der Waals surface area contributed by atoms with Crippen LogP contribution in [-0.2, 0) is 6.54 Å². The van der Waals surface area contributed by atoms with E-state index in [9.17, 15) is 18.0 Å². The lowest BCUT2D eigenvalue weighted by Crippen LogP contribution is -2.22. The van der Waals surface area contributed by atoms with Crippen LogP contribution in [0.2, 0.25) is 5.02 Å². The molecule has 106 valence electrons. The van der Waals surface area contributed by atoms with Gasteiger partial charge in [0.1, 0.15) is 9.90 Å². The molecule has 1 heterocycles. The number of anilines is 1. The number of hydrogen-bond acceptors (Lipinski definition) is 4. The Morgan fingerprint density at radius 3 is 2.45 bits per heavy atom. The second-order valence-electron chi connectivity index (χ2n) is 3.77. The van der Waals surface area contributed by atoms with E-state index in [0.717, 1.165) is 23.7 Å². The van der Waals surface area contributed by atoms with E-state index in [2.05, 4.69) is 9.69 Å². The summed E-state index contributed by atoms with van der Waals surface area (Å²) in [5.74, 6) is -4.77. The van der Waals surface area contributed by atoms with E-state index in [1.54, 1.807) is 0 Å². The molecule has 0 saturated carbocycles. The van der Waals surface area contributed by atoms with Gasteiger partial charge >= 0.3 is 0 Å². The third-order valence-electron chi connectivity index (χ3n) is 2.36. The van der Waals surface area contributed by atoms with Gasteiger partial charge in [0.2, 0.25) is 0 Å². The highest BCUT2D eigenvalue weighted by Gasteiger charge is 2.17. The smallest absolute Gasteiger partial charge is 0.264 e. The molecule has 2 aromatic rings. The van der Waals surface area contributed by atoms with Crippen LogP contribution >= 0.6 is 23.1 Å². The molecule has 4 nitrogen and oxygen atoms in total. The summed E-state index contributed by atoms with van der Waals surface area (Å²) in [6.07, 6.45) is 0. The number of benzene rings is 1. The van der Waals surface area contributed by atoms with Crippen molar-refractivity contribution in [3.05, 3.63) is 45.0 Å². The number of carbonyl (C=O) groups is 1. The lowest BCUT2D eigenvalue weighted by molar-refractivity contribution is 0.0955. The van der Waals surface area contributed by atoms with Gasteiger partial charge in [-0.3, -0.25) is 4.79 Å². The maximum Gasteiger partial charge on any atom is 0.264 e. The van der Waals surface area contributed by atoms with Gasteiger partial charge < -0.3 is 11.1 Å². The second-order valence-corrected chi connectivity index (χ2v) is 4.92. The molecule has 1 aromatic carbocycles. The summed E-state index contributed by atoms with van der Waals surface area (Å²) in [6, 6.07) is 1.59. The fourth-order valence-corrected chi connectivity index (χ4v) is 2.31. The molecule has 0 saturated heterocycles. The number of nitrogens with zero attached hydrogens (tertiary/aromatic N) is 1. The van der Waals surface area contributed by atoms with Crippen molar-refractivity contribution in [3.8, 4) is 0 Å². The van der Waals surface area contributed by atoms with Crippen molar-refractivity contribution < 1.29 is 18.0 Å². The van der Waals surface area contributed by atoms with Crippen molar-refractivity contribution in [2.75, 3.05) is 5.73 Å². The quantitative estimate of drug-likeness (QED) is 0.854. The lowest BCUT2D eigenvalue weighted by Gasteiger charge is -2.05. The molecule has 0 aliphatic heterocycles. The Morgan fingerprint density at radius 2 is 1.95 bits per heavy atom. The third-order valence-corrected chi connectivity index (χ3v) is 3.72. The molecular weight excluding hydrogens is 315 g/mol. The molecular formula is C11H7ClF3N3OS. The van der Waals surface area contributed by atoms with Crippen LogP contribution < -0.4 is 11.1 Å². The Morgan fingerprint density at radius 1 is 1.35 bits per heavy atom. The topological polar surface area (TPSA) is 68.0 Å². The average Bonchev–Trinajstić information content (AvgIpc) is 2.73. The van der Waals surface area contributed by atoms with Crippen LogP contribution in [-0.4, -0.2) is 10.3 Å². The summed E-state index contributed by atoms with van der Waals surface area (Å²) < 4.78 is 42.4. The van der Waals surface area contributed by atoms with E-state index in [1.807, 2.05) is 0 Å². The number of nitrogens with one attached hydrogen (secondary N) is 1. The lowest BCUT2D eigenvalue weighted by atomic mass is 10.2. The number of nitrogen functional groups attached to an aromatic ring is 1. The molecule has 0 bridgehead atoms. The predicted molar refractivity (Wildman–Crippen MR) is 69.0 cm³/mol. The van der Waals surface area contributed by atoms with Gasteiger partial charge in [-0.25, -0.2) is 13.2 Å². The van der Waals surface area contributed by atoms with Crippen LogP contribution in [0.3, 0.4) is 0 Å². The first-order valence-corrected chi connectivity index (χ1v) is 6.37. The molecule has 0 aliphatic carbocycles. The number of halogens is 4. The van der Waals surface area contributed by atoms with E-state index in [4.69, 9.17) is 17.3 Å². The zero-order valence-corrected chi connectivity index (χ0v) is 11.3. The van der Waals surface area contributed by atoms with Gasteiger partial charge in [-0.15, -0.1) is 0 Å². The minimum Gasteiger partial charge on any atom is -0.382 e. The molecule has 0 spiro atoms. The summed E-state index contributed by atoms with van der Waals surface area (Å²) in [4.78, 5) is 11.8. The van der Waals surface area contributed by atoms with Gasteiger partial charge in [-0.1, -0.05) is 11.6 Å². The van der Waals surface area contributed by atoms with Crippen LogP contribution in [0.4, 0.5) is 19.0 Å². The molecule has 9 heteroatoms. The average molecular weight is 322 g/mol. The van der Waals surface area contributed by atoms with Gasteiger partial charge in [0.25, 0.3) is 5.91 Å². The number of amides is 1. The summed E-state index contributed by atoms with van der Waals surface area (Å²) in [5, 5.41) is 2.40. The standard InChI is InChI=1S/C11H7ClF3N3OS/c12-7-9(20-18-10(7)16)11(19)17-3-4-1-5(13)8(15)6(14)2-4/h1-2H,3H2,(H2,16,18)(H,17,19). The summed E-state index contributed by atoms with van der Waals surface area (Å²) in [5.41, 5.74) is 5.46. The largest absolute Gasteiger partial charge is 0.382 e. The van der Waals surface area contributed by atoms with Crippen molar-refractivity contribution in [1.82, 2.24) is 9.69 Å². The van der Waals surface area contributed by atoms with E-state index in [0.29, 0.717) is 0 Å². The summed E-state index contributed by atoms with van der Waals surface area (Å²) in [7, 11) is 0. The van der Waals surface area contributed by atoms with Crippen molar-refractivity contribution in [1.29, 1.82) is 0 Å². The maximum absolute atomic E-state index is 13.0. The van der Waals surface area contributed by atoms with E-state index < -0.39 is 23.4 Å². The molecule has 3 N–H and O–H groups in total. The predicted octanol–water partition coefficient (Wildman–Crippen LogP) is 2.73. The highest BCUT2D eigenvalue weighted by Crippen LogP contribution is 2.26. The monoisotopic (exact) mass is 321 g/mol. The maximum atomic E-state index is 13.0. The highest BCUT2D eigenvalue weighted by molar-refractivity contribution is 7.09. The number of carbonyl (C=O) groups excluding carboxylic acids is 1. The van der Waals surface area contributed by atoms with Gasteiger partial charge in [-0.05, 0) is 29.2 Å². The zero-order valence-electron chi connectivity index (χ0n) is 9.71. The Labute approximate surface area is 120 Å². The minimum atomic E-state index is -1.56. The van der Waals surface area contributed by atoms with Crippen LogP contribution in [0.25, 0.3) is 0 Å². The number of hydrogen-bond donors (Lipinski definition) is 2. The molecule has 0 radical (unpaired) electrons. The van der Waals surface area contributed by atoms with E-state index in [1.165, 1.54) is 0 Å². The highest BCUT2D eigenvalue weighted by atomic mass is 35.5. The number of rotatable bonds is 3. The van der Waals surface area contributed by atoms with Crippen LogP contribution in [0.15, 0.2) is 12.1 Å². The first kappa shape index (κ1) is 14.6. The van der Waals surface area contributed by atoms with E-state index in [-0.39, 0.29) is 27.8 Å². The first-order chi connectivity index (χ1) is 9.40. The fourth-order valence-electron chi connectivity index (χ4n) is 1.41. The molecule has 2 rings (SSSR count). The normalized spacial score (nSPS) is 10.6. The Balaban J connectivity index is 2.09. The molecule has 0 fully saturated rings. The van der Waals surface area contributed by atoms with Crippen molar-refractivity contribution in [3.63, 3.8) is 0 Å². The molecule has 0 aliphatic rings. The zero-order chi connectivity index (χ0) is 14.9. The van der Waals surface area contributed by atoms with Gasteiger partial charge in [0, 0.05) is 6.54 Å². The number of nitrogens with two attached hydrogens (primary N) is 1. The van der Waals surface area contributed by atoms with Crippen molar-refractivity contribution >= 4 is 34.9 Å². The Hall–Kier alpha value is -1.80. The van der Waals surface area contributed by atoms with Gasteiger partial charge in [0.05, 0.1) is 0 Å². The van der Waals surface area contributed by atoms with Crippen LogP contribution in [0.1, 0.15) is 15.2 Å². The van der Waals surface area contributed by atoms with Crippen molar-refractivity contribution in [2.45, 2.75) is 6.54 Å². The summed E-state index contributed by atoms with van der Waals surface area (Å²) >= 11 is 6.55. The van der Waals surface area contributed by atoms with Crippen LogP contribution in [0, 0.1) is 17.5 Å². The van der Waals surface area contributed by atoms with E-state index >= 15 is 0 Å². The number of aromatic nitrogens is 1. The molecule has 0 atom stereocenters. The molecule has 20 heavy (non-hydrogen) atoms. The second kappa shape index (κ2) is 5.68. The molecule has 0 unspecified atom stereocenters. The SMILES string of the molecule is Nc1nsc(C(=O)NCc2cc(F)c(F)c(F)c2)c1Cl. The Kier molecular flexibility index (Phi) is 4.15. The molecule has 1 amide bonds. The Bertz CT molecular complexity index is 654. The fraction of sp³-hybridized carbons (Fsp3) is 0.0909. The van der Waals surface area contributed by atoms with Crippen LogP contribution in [0.5, 0.6) is 0 Å². The van der Waals surface area contributed by atoms with Gasteiger partial charge in [0.15, 0.2) is 23.3 Å². The van der Waals surface area contributed by atoms with Gasteiger partial charge in [-0.2, -0.15) is 4.37 Å². The van der Waals surface area contributed by atoms with Crippen molar-refractivity contribution in [2.24, 2.45) is 0 Å². The first-order valence-electron chi connectivity index (χ1n) is 5.22. The minimum absolute atomic E-state index is 0.0176.